The Kier molecular flexibility index (Phi) is 3.64. The molecule has 1 aliphatic carbocycles. The molecule has 0 unspecified atom stereocenters. The number of hydrogen-bond donors (Lipinski definition) is 1. The SMILES string of the molecule is NC1(CC(=O)C2=CCCCO2)CCCCC1. The predicted molar refractivity (Wildman–Crippen MR) is 62.9 cm³/mol. The van der Waals surface area contributed by atoms with Gasteiger partial charge in [-0.3, -0.25) is 4.79 Å². The third-order valence-electron chi connectivity index (χ3n) is 3.57. The van der Waals surface area contributed by atoms with Crippen molar-refractivity contribution in [1.82, 2.24) is 0 Å². The number of nitrogens with two attached hydrogens (primary N) is 1. The van der Waals surface area contributed by atoms with E-state index in [0.29, 0.717) is 18.8 Å². The Hall–Kier alpha value is -0.830. The minimum absolute atomic E-state index is 0.101. The summed E-state index contributed by atoms with van der Waals surface area (Å²) in [5.74, 6) is 0.658. The summed E-state index contributed by atoms with van der Waals surface area (Å²) in [6, 6.07) is 0. The van der Waals surface area contributed by atoms with E-state index in [1.165, 1.54) is 6.42 Å². The second kappa shape index (κ2) is 5.00. The van der Waals surface area contributed by atoms with Crippen molar-refractivity contribution in [2.45, 2.75) is 56.9 Å². The molecule has 0 radical (unpaired) electrons. The van der Waals surface area contributed by atoms with Gasteiger partial charge < -0.3 is 10.5 Å². The van der Waals surface area contributed by atoms with Crippen LogP contribution in [0.2, 0.25) is 0 Å². The van der Waals surface area contributed by atoms with Gasteiger partial charge >= 0.3 is 0 Å². The summed E-state index contributed by atoms with van der Waals surface area (Å²) in [5, 5.41) is 0. The molecule has 2 aliphatic rings. The normalized spacial score (nSPS) is 24.4. The third kappa shape index (κ3) is 2.85. The molecule has 3 heteroatoms. The summed E-state index contributed by atoms with van der Waals surface area (Å²) in [6.45, 7) is 0.676. The first-order chi connectivity index (χ1) is 7.70. The van der Waals surface area contributed by atoms with Gasteiger partial charge in [0.1, 0.15) is 0 Å². The molecule has 1 saturated carbocycles. The lowest BCUT2D eigenvalue weighted by Crippen LogP contribution is -2.44. The van der Waals surface area contributed by atoms with Crippen molar-refractivity contribution in [1.29, 1.82) is 0 Å². The standard InChI is InChI=1S/C13H21NO2/c14-13(7-3-1-4-8-13)10-11(15)12-6-2-5-9-16-12/h6H,1-5,7-10,14H2. The van der Waals surface area contributed by atoms with Crippen LogP contribution in [-0.4, -0.2) is 17.9 Å². The van der Waals surface area contributed by atoms with Crippen LogP contribution >= 0.6 is 0 Å². The Balaban J connectivity index is 1.92. The highest BCUT2D eigenvalue weighted by Gasteiger charge is 2.31. The minimum atomic E-state index is -0.267. The lowest BCUT2D eigenvalue weighted by atomic mass is 9.79. The Labute approximate surface area is 97.0 Å². The van der Waals surface area contributed by atoms with Crippen molar-refractivity contribution in [3.8, 4) is 0 Å². The van der Waals surface area contributed by atoms with Crippen molar-refractivity contribution in [3.63, 3.8) is 0 Å². The van der Waals surface area contributed by atoms with Crippen LogP contribution in [0.25, 0.3) is 0 Å². The van der Waals surface area contributed by atoms with Crippen LogP contribution in [0.3, 0.4) is 0 Å². The van der Waals surface area contributed by atoms with E-state index in [1.54, 1.807) is 0 Å². The molecule has 2 N–H and O–H groups in total. The van der Waals surface area contributed by atoms with Gasteiger partial charge in [0, 0.05) is 12.0 Å². The summed E-state index contributed by atoms with van der Waals surface area (Å²) in [6.07, 6.45) is 9.87. The zero-order valence-electron chi connectivity index (χ0n) is 9.84. The van der Waals surface area contributed by atoms with Gasteiger partial charge in [0.15, 0.2) is 11.5 Å². The van der Waals surface area contributed by atoms with Crippen LogP contribution in [0.5, 0.6) is 0 Å². The molecule has 0 spiro atoms. The predicted octanol–water partition coefficient (Wildman–Crippen LogP) is 2.30. The Morgan fingerprint density at radius 1 is 1.31 bits per heavy atom. The number of rotatable bonds is 3. The molecule has 0 saturated heterocycles. The fraction of sp³-hybridized carbons (Fsp3) is 0.769. The van der Waals surface area contributed by atoms with E-state index >= 15 is 0 Å². The highest BCUT2D eigenvalue weighted by Crippen LogP contribution is 2.30. The van der Waals surface area contributed by atoms with Crippen LogP contribution in [-0.2, 0) is 9.53 Å². The fourth-order valence-corrected chi connectivity index (χ4v) is 2.59. The van der Waals surface area contributed by atoms with Crippen LogP contribution in [0.4, 0.5) is 0 Å². The summed E-state index contributed by atoms with van der Waals surface area (Å²) in [4.78, 5) is 12.0. The molecule has 2 rings (SSSR count). The van der Waals surface area contributed by atoms with Crippen molar-refractivity contribution in [2.75, 3.05) is 6.61 Å². The monoisotopic (exact) mass is 223 g/mol. The average Bonchev–Trinajstić information content (AvgIpc) is 2.30. The van der Waals surface area contributed by atoms with Crippen molar-refractivity contribution in [2.24, 2.45) is 5.73 Å². The highest BCUT2D eigenvalue weighted by atomic mass is 16.5. The van der Waals surface area contributed by atoms with Crippen molar-refractivity contribution in [3.05, 3.63) is 11.8 Å². The zero-order valence-corrected chi connectivity index (χ0v) is 9.84. The van der Waals surface area contributed by atoms with Crippen molar-refractivity contribution >= 4 is 5.78 Å². The minimum Gasteiger partial charge on any atom is -0.490 e. The summed E-state index contributed by atoms with van der Waals surface area (Å²) in [7, 11) is 0. The van der Waals surface area contributed by atoms with E-state index in [0.717, 1.165) is 38.5 Å². The Morgan fingerprint density at radius 2 is 2.06 bits per heavy atom. The number of carbonyl (C=O) groups excluding carboxylic acids is 1. The lowest BCUT2D eigenvalue weighted by Gasteiger charge is -2.33. The molecule has 1 aliphatic heterocycles. The van der Waals surface area contributed by atoms with E-state index in [4.69, 9.17) is 10.5 Å². The number of Topliss-reactive ketones (excluding diaryl/α,β-unsaturated/α-hetero) is 1. The third-order valence-corrected chi connectivity index (χ3v) is 3.57. The quantitative estimate of drug-likeness (QED) is 0.798. The number of carbonyl (C=O) groups is 1. The highest BCUT2D eigenvalue weighted by molar-refractivity contribution is 5.94. The average molecular weight is 223 g/mol. The van der Waals surface area contributed by atoms with Crippen LogP contribution in [0, 0.1) is 0 Å². The smallest absolute Gasteiger partial charge is 0.198 e. The van der Waals surface area contributed by atoms with Crippen LogP contribution in [0.15, 0.2) is 11.8 Å². The summed E-state index contributed by atoms with van der Waals surface area (Å²) >= 11 is 0. The van der Waals surface area contributed by atoms with E-state index in [1.807, 2.05) is 6.08 Å². The second-order valence-electron chi connectivity index (χ2n) is 5.08. The Bertz CT molecular complexity index is 290. The molecule has 0 amide bonds. The molecular formula is C13H21NO2. The Morgan fingerprint density at radius 3 is 2.69 bits per heavy atom. The molecular weight excluding hydrogens is 202 g/mol. The first-order valence-corrected chi connectivity index (χ1v) is 6.35. The van der Waals surface area contributed by atoms with Gasteiger partial charge in [0.25, 0.3) is 0 Å². The molecule has 1 heterocycles. The molecule has 16 heavy (non-hydrogen) atoms. The molecule has 0 aromatic heterocycles. The van der Waals surface area contributed by atoms with Crippen molar-refractivity contribution < 1.29 is 9.53 Å². The molecule has 0 aromatic carbocycles. The first kappa shape index (κ1) is 11.6. The number of ether oxygens (including phenoxy) is 1. The molecule has 3 nitrogen and oxygen atoms in total. The van der Waals surface area contributed by atoms with Crippen LogP contribution < -0.4 is 5.73 Å². The molecule has 1 fully saturated rings. The van der Waals surface area contributed by atoms with E-state index in [-0.39, 0.29) is 11.3 Å². The zero-order chi connectivity index (χ0) is 11.4. The first-order valence-electron chi connectivity index (χ1n) is 6.35. The van der Waals surface area contributed by atoms with Gasteiger partial charge in [-0.25, -0.2) is 0 Å². The maximum absolute atomic E-state index is 12.0. The largest absolute Gasteiger partial charge is 0.490 e. The van der Waals surface area contributed by atoms with Gasteiger partial charge in [0.2, 0.25) is 0 Å². The molecule has 0 atom stereocenters. The van der Waals surface area contributed by atoms with Gasteiger partial charge in [-0.05, 0) is 31.8 Å². The number of allylic oxidation sites excluding steroid dienone is 2. The molecule has 0 bridgehead atoms. The van der Waals surface area contributed by atoms with Crippen LogP contribution in [0.1, 0.15) is 51.4 Å². The summed E-state index contributed by atoms with van der Waals surface area (Å²) < 4.78 is 5.38. The molecule has 0 aromatic rings. The molecule has 90 valence electrons. The summed E-state index contributed by atoms with van der Waals surface area (Å²) in [5.41, 5.74) is 6.00. The van der Waals surface area contributed by atoms with E-state index < -0.39 is 0 Å². The maximum atomic E-state index is 12.0. The second-order valence-corrected chi connectivity index (χ2v) is 5.08. The van der Waals surface area contributed by atoms with Gasteiger partial charge in [-0.1, -0.05) is 19.3 Å². The van der Waals surface area contributed by atoms with Gasteiger partial charge in [-0.15, -0.1) is 0 Å². The topological polar surface area (TPSA) is 52.3 Å². The van der Waals surface area contributed by atoms with E-state index in [9.17, 15) is 4.79 Å². The van der Waals surface area contributed by atoms with E-state index in [2.05, 4.69) is 0 Å². The number of hydrogen-bond acceptors (Lipinski definition) is 3. The lowest BCUT2D eigenvalue weighted by molar-refractivity contribution is -0.120. The maximum Gasteiger partial charge on any atom is 0.198 e. The van der Waals surface area contributed by atoms with Gasteiger partial charge in [0.05, 0.1) is 6.61 Å². The van der Waals surface area contributed by atoms with Gasteiger partial charge in [-0.2, -0.15) is 0 Å². The fourth-order valence-electron chi connectivity index (χ4n) is 2.59. The number of ketones is 1.